The Kier molecular flexibility index (Phi) is 6.45. The summed E-state index contributed by atoms with van der Waals surface area (Å²) in [7, 11) is 0. The Morgan fingerprint density at radius 1 is 1.00 bits per heavy atom. The molecule has 0 aliphatic heterocycles. The van der Waals surface area contributed by atoms with Gasteiger partial charge in [-0.15, -0.1) is 10.2 Å². The molecule has 13 heteroatoms. The van der Waals surface area contributed by atoms with E-state index in [1.54, 1.807) is 6.07 Å². The van der Waals surface area contributed by atoms with Crippen LogP contribution in [0, 0.1) is 24.1 Å². The van der Waals surface area contributed by atoms with Gasteiger partial charge >= 0.3 is 12.4 Å². The summed E-state index contributed by atoms with van der Waals surface area (Å²) in [6, 6.07) is 7.72. The second-order valence-electron chi connectivity index (χ2n) is 6.87. The van der Waals surface area contributed by atoms with Crippen LogP contribution in [0.15, 0.2) is 52.7 Å². The number of nitrogens with two attached hydrogens (primary N) is 1. The van der Waals surface area contributed by atoms with Crippen LogP contribution in [0.4, 0.5) is 59.4 Å². The molecule has 3 aromatic rings. The first kappa shape index (κ1) is 24.4. The fraction of sp³-hybridized carbons (Fsp3) is 0.143. The molecule has 0 saturated heterocycles. The number of halogens is 7. The zero-order chi connectivity index (χ0) is 25.3. The second-order valence-corrected chi connectivity index (χ2v) is 6.87. The van der Waals surface area contributed by atoms with Crippen LogP contribution in [0.1, 0.15) is 22.3 Å². The summed E-state index contributed by atoms with van der Waals surface area (Å²) in [5.74, 6) is -1.67. The molecule has 0 atom stereocenters. The van der Waals surface area contributed by atoms with Crippen molar-refractivity contribution in [2.75, 3.05) is 11.1 Å². The quantitative estimate of drug-likeness (QED) is 0.304. The molecule has 0 radical (unpaired) electrons. The van der Waals surface area contributed by atoms with Gasteiger partial charge in [0.25, 0.3) is 0 Å². The lowest BCUT2D eigenvalue weighted by molar-refractivity contribution is -0.138. The second kappa shape index (κ2) is 8.97. The van der Waals surface area contributed by atoms with Crippen LogP contribution in [-0.2, 0) is 12.4 Å². The molecule has 0 spiro atoms. The van der Waals surface area contributed by atoms with E-state index in [4.69, 9.17) is 5.73 Å². The third-order valence-corrected chi connectivity index (χ3v) is 4.53. The number of nitriles is 1. The zero-order valence-corrected chi connectivity index (χ0v) is 17.1. The largest absolute Gasteiger partial charge is 0.418 e. The average molecular weight is 482 g/mol. The fourth-order valence-corrected chi connectivity index (χ4v) is 2.91. The van der Waals surface area contributed by atoms with Gasteiger partial charge in [-0.1, -0.05) is 6.07 Å². The highest BCUT2D eigenvalue weighted by atomic mass is 19.4. The first-order valence-electron chi connectivity index (χ1n) is 9.24. The highest BCUT2D eigenvalue weighted by molar-refractivity contribution is 5.75. The number of pyridine rings is 1. The Hall–Kier alpha value is -4.21. The zero-order valence-electron chi connectivity index (χ0n) is 17.1. The number of hydrogen-bond acceptors (Lipinski definition) is 6. The summed E-state index contributed by atoms with van der Waals surface area (Å²) in [4.78, 5) is 3.92. The van der Waals surface area contributed by atoms with Crippen molar-refractivity contribution in [2.45, 2.75) is 19.3 Å². The number of nitrogen functional groups attached to an aromatic ring is 1. The van der Waals surface area contributed by atoms with E-state index in [1.807, 2.05) is 0 Å². The molecule has 3 N–H and O–H groups in total. The van der Waals surface area contributed by atoms with Gasteiger partial charge in [0.05, 0.1) is 22.4 Å². The average Bonchev–Trinajstić information content (AvgIpc) is 2.73. The van der Waals surface area contributed by atoms with E-state index in [0.717, 1.165) is 30.3 Å². The summed E-state index contributed by atoms with van der Waals surface area (Å²) in [6.07, 6.45) is -9.51. The van der Waals surface area contributed by atoms with Crippen LogP contribution in [0.3, 0.4) is 0 Å². The minimum absolute atomic E-state index is 0.0341. The molecular weight excluding hydrogens is 469 g/mol. The highest BCUT2D eigenvalue weighted by Gasteiger charge is 2.34. The van der Waals surface area contributed by atoms with Gasteiger partial charge < -0.3 is 11.1 Å². The molecule has 0 amide bonds. The maximum Gasteiger partial charge on any atom is 0.418 e. The number of hydrogen-bond donors (Lipinski definition) is 2. The van der Waals surface area contributed by atoms with Gasteiger partial charge in [0.15, 0.2) is 11.6 Å². The van der Waals surface area contributed by atoms with Gasteiger partial charge in [-0.2, -0.15) is 31.6 Å². The van der Waals surface area contributed by atoms with Crippen LogP contribution in [-0.4, -0.2) is 4.98 Å². The van der Waals surface area contributed by atoms with Crippen LogP contribution in [0.2, 0.25) is 0 Å². The molecule has 0 saturated carbocycles. The monoisotopic (exact) mass is 482 g/mol. The van der Waals surface area contributed by atoms with Gasteiger partial charge in [-0.3, -0.25) is 0 Å². The van der Waals surface area contributed by atoms with Crippen molar-refractivity contribution >= 4 is 28.7 Å². The molecule has 0 bridgehead atoms. The Bertz CT molecular complexity index is 1310. The third kappa shape index (κ3) is 5.22. The number of azo groups is 1. The Labute approximate surface area is 187 Å². The van der Waals surface area contributed by atoms with Gasteiger partial charge in [-0.05, 0) is 43.3 Å². The van der Waals surface area contributed by atoms with E-state index in [2.05, 4.69) is 20.5 Å². The number of aromatic nitrogens is 1. The normalized spacial score (nSPS) is 12.1. The van der Waals surface area contributed by atoms with Crippen molar-refractivity contribution in [3.05, 3.63) is 70.5 Å². The van der Waals surface area contributed by atoms with Crippen LogP contribution < -0.4 is 11.1 Å². The van der Waals surface area contributed by atoms with Gasteiger partial charge in [0.1, 0.15) is 17.6 Å². The third-order valence-electron chi connectivity index (χ3n) is 4.53. The fourth-order valence-electron chi connectivity index (χ4n) is 2.91. The van der Waals surface area contributed by atoms with Crippen molar-refractivity contribution in [3.8, 4) is 6.07 Å². The van der Waals surface area contributed by atoms with E-state index < -0.39 is 35.0 Å². The van der Waals surface area contributed by atoms with Crippen LogP contribution in [0.25, 0.3) is 0 Å². The molecule has 176 valence electrons. The number of alkyl halides is 6. The molecule has 1 aromatic heterocycles. The molecule has 0 unspecified atom stereocenters. The topological polar surface area (TPSA) is 99.5 Å². The summed E-state index contributed by atoms with van der Waals surface area (Å²) in [6.45, 7) is 1.36. The van der Waals surface area contributed by atoms with Crippen molar-refractivity contribution < 1.29 is 30.7 Å². The van der Waals surface area contributed by atoms with E-state index in [9.17, 15) is 36.0 Å². The Morgan fingerprint density at radius 2 is 1.71 bits per heavy atom. The lowest BCUT2D eigenvalue weighted by Gasteiger charge is -2.14. The molecule has 34 heavy (non-hydrogen) atoms. The van der Waals surface area contributed by atoms with E-state index in [-0.39, 0.29) is 40.2 Å². The standard InChI is InChI=1S/C21H13F7N6/c1-10-14(9-29)19(31-13-4-2-3-11(7-13)20(23,24)25)32-18(30)17(10)34-33-16-6-5-12(22)8-15(16)21(26,27)28/h2-8H,1H3,(H3,30,31,32)/b34-33+. The highest BCUT2D eigenvalue weighted by Crippen LogP contribution is 2.39. The van der Waals surface area contributed by atoms with Crippen LogP contribution >= 0.6 is 0 Å². The molecule has 3 rings (SSSR count). The van der Waals surface area contributed by atoms with Crippen molar-refractivity contribution in [1.82, 2.24) is 4.98 Å². The lowest BCUT2D eigenvalue weighted by Crippen LogP contribution is -2.07. The summed E-state index contributed by atoms with van der Waals surface area (Å²) >= 11 is 0. The van der Waals surface area contributed by atoms with Gasteiger partial charge in [0, 0.05) is 11.3 Å². The minimum atomic E-state index is -4.91. The van der Waals surface area contributed by atoms with Gasteiger partial charge in [-0.25, -0.2) is 9.37 Å². The number of nitrogens with zero attached hydrogens (tertiary/aromatic N) is 4. The molecule has 2 aromatic carbocycles. The summed E-state index contributed by atoms with van der Waals surface area (Å²) in [5.41, 5.74) is 2.45. The smallest absolute Gasteiger partial charge is 0.382 e. The van der Waals surface area contributed by atoms with Crippen molar-refractivity contribution in [3.63, 3.8) is 0 Å². The molecule has 6 nitrogen and oxygen atoms in total. The number of anilines is 3. The predicted octanol–water partition coefficient (Wildman–Crippen LogP) is 7.18. The minimum Gasteiger partial charge on any atom is -0.382 e. The molecule has 1 heterocycles. The lowest BCUT2D eigenvalue weighted by atomic mass is 10.1. The van der Waals surface area contributed by atoms with Crippen LogP contribution in [0.5, 0.6) is 0 Å². The number of rotatable bonds is 4. The molecule has 0 aliphatic carbocycles. The summed E-state index contributed by atoms with van der Waals surface area (Å²) in [5, 5.41) is 19.3. The van der Waals surface area contributed by atoms with Crippen molar-refractivity contribution in [1.29, 1.82) is 5.26 Å². The van der Waals surface area contributed by atoms with E-state index >= 15 is 0 Å². The van der Waals surface area contributed by atoms with Crippen molar-refractivity contribution in [2.24, 2.45) is 10.2 Å². The maximum atomic E-state index is 13.3. The van der Waals surface area contributed by atoms with E-state index in [0.29, 0.717) is 0 Å². The SMILES string of the molecule is Cc1c(C#N)c(Nc2cccc(C(F)(F)F)c2)nc(N)c1/N=N/c1ccc(F)cc1C(F)(F)F. The molecule has 0 aliphatic rings. The summed E-state index contributed by atoms with van der Waals surface area (Å²) < 4.78 is 91.6. The van der Waals surface area contributed by atoms with Gasteiger partial charge in [0.2, 0.25) is 0 Å². The maximum absolute atomic E-state index is 13.3. The molecular formula is C21H13F7N6. The Balaban J connectivity index is 2.02. The first-order valence-corrected chi connectivity index (χ1v) is 9.24. The Morgan fingerprint density at radius 3 is 2.32 bits per heavy atom. The predicted molar refractivity (Wildman–Crippen MR) is 108 cm³/mol. The number of nitrogens with one attached hydrogen (secondary N) is 1. The first-order chi connectivity index (χ1) is 15.8. The van der Waals surface area contributed by atoms with E-state index in [1.165, 1.54) is 13.0 Å². The number of benzene rings is 2. The molecule has 0 fully saturated rings.